The van der Waals surface area contributed by atoms with Gasteiger partial charge in [-0.25, -0.2) is 5.43 Å². The monoisotopic (exact) mass is 380 g/mol. The molecule has 0 unspecified atom stereocenters. The van der Waals surface area contributed by atoms with E-state index in [2.05, 4.69) is 26.5 Å². The predicted octanol–water partition coefficient (Wildman–Crippen LogP) is 3.06. The third kappa shape index (κ3) is 4.59. The van der Waals surface area contributed by atoms with E-state index in [1.165, 1.54) is 6.21 Å². The number of carbonyl (C=O) groups excluding carboxylic acids is 1. The lowest BCUT2D eigenvalue weighted by atomic mass is 10.1. The van der Waals surface area contributed by atoms with Gasteiger partial charge < -0.3 is 13.9 Å². The van der Waals surface area contributed by atoms with Gasteiger partial charge in [0, 0.05) is 6.07 Å². The van der Waals surface area contributed by atoms with Crippen LogP contribution in [0.25, 0.3) is 0 Å². The molecule has 23 heavy (non-hydrogen) atoms. The molecule has 1 heterocycles. The normalized spacial score (nSPS) is 10.8. The summed E-state index contributed by atoms with van der Waals surface area (Å²) >= 11 is 3.34. The Balaban J connectivity index is 1.94. The molecule has 2 rings (SSSR count). The van der Waals surface area contributed by atoms with Gasteiger partial charge in [-0.3, -0.25) is 4.79 Å². The second kappa shape index (κ2) is 7.82. The second-order valence-electron chi connectivity index (χ2n) is 4.71. The summed E-state index contributed by atoms with van der Waals surface area (Å²) in [4.78, 5) is 11.9. The maximum atomic E-state index is 11.9. The molecule has 2 aromatic rings. The zero-order valence-electron chi connectivity index (χ0n) is 13.1. The number of nitrogens with one attached hydrogen (secondary N) is 1. The summed E-state index contributed by atoms with van der Waals surface area (Å²) in [5.41, 5.74) is 3.26. The van der Waals surface area contributed by atoms with E-state index >= 15 is 0 Å². The lowest BCUT2D eigenvalue weighted by Gasteiger charge is -2.09. The van der Waals surface area contributed by atoms with E-state index in [0.717, 1.165) is 15.8 Å². The van der Waals surface area contributed by atoms with Crippen molar-refractivity contribution in [2.75, 3.05) is 14.2 Å². The standard InChI is InChI=1S/C16H17BrN2O4/c1-10-13(17)8-12(23-10)9-18-19-16(20)7-11-4-5-14(21-2)15(6-11)22-3/h4-6,8-9H,7H2,1-3H3,(H,19,20)/b18-9-. The number of hydrazone groups is 1. The molecule has 0 aliphatic rings. The van der Waals surface area contributed by atoms with Crippen LogP contribution in [0.2, 0.25) is 0 Å². The smallest absolute Gasteiger partial charge is 0.244 e. The Labute approximate surface area is 142 Å². The third-order valence-electron chi connectivity index (χ3n) is 3.07. The fraction of sp³-hybridized carbons (Fsp3) is 0.250. The number of furan rings is 1. The Kier molecular flexibility index (Phi) is 5.81. The molecule has 1 amide bonds. The molecule has 6 nitrogen and oxygen atoms in total. The molecule has 0 fully saturated rings. The second-order valence-corrected chi connectivity index (χ2v) is 5.57. The van der Waals surface area contributed by atoms with Crippen LogP contribution in [-0.2, 0) is 11.2 Å². The SMILES string of the molecule is COc1ccc(CC(=O)N/N=C\c2cc(Br)c(C)o2)cc1OC. The molecule has 0 radical (unpaired) electrons. The Morgan fingerprint density at radius 2 is 2.04 bits per heavy atom. The van der Waals surface area contributed by atoms with E-state index in [4.69, 9.17) is 13.9 Å². The van der Waals surface area contributed by atoms with Gasteiger partial charge in [-0.1, -0.05) is 6.07 Å². The van der Waals surface area contributed by atoms with Crippen LogP contribution in [0.4, 0.5) is 0 Å². The minimum Gasteiger partial charge on any atom is -0.493 e. The van der Waals surface area contributed by atoms with Gasteiger partial charge in [0.25, 0.3) is 0 Å². The number of ether oxygens (including phenoxy) is 2. The molecule has 1 aromatic heterocycles. The quantitative estimate of drug-likeness (QED) is 0.617. The fourth-order valence-corrected chi connectivity index (χ4v) is 2.24. The highest BCUT2D eigenvalue weighted by molar-refractivity contribution is 9.10. The summed E-state index contributed by atoms with van der Waals surface area (Å²) < 4.78 is 16.6. The molecule has 122 valence electrons. The molecule has 7 heteroatoms. The highest BCUT2D eigenvalue weighted by Gasteiger charge is 2.08. The molecule has 0 aliphatic heterocycles. The van der Waals surface area contributed by atoms with E-state index in [9.17, 15) is 4.79 Å². The summed E-state index contributed by atoms with van der Waals surface area (Å²) in [7, 11) is 3.11. The van der Waals surface area contributed by atoms with Crippen LogP contribution >= 0.6 is 15.9 Å². The molecule has 1 aromatic carbocycles. The van der Waals surface area contributed by atoms with Crippen molar-refractivity contribution in [2.45, 2.75) is 13.3 Å². The van der Waals surface area contributed by atoms with Crippen molar-refractivity contribution in [1.82, 2.24) is 5.43 Å². The zero-order valence-corrected chi connectivity index (χ0v) is 14.6. The maximum Gasteiger partial charge on any atom is 0.244 e. The van der Waals surface area contributed by atoms with Crippen LogP contribution in [0, 0.1) is 6.92 Å². The molecule has 0 saturated heterocycles. The van der Waals surface area contributed by atoms with Crippen molar-refractivity contribution in [3.63, 3.8) is 0 Å². The van der Waals surface area contributed by atoms with Crippen LogP contribution in [0.3, 0.4) is 0 Å². The molecule has 0 bridgehead atoms. The summed E-state index contributed by atoms with van der Waals surface area (Å²) in [6.45, 7) is 1.83. The van der Waals surface area contributed by atoms with Crippen LogP contribution in [0.1, 0.15) is 17.1 Å². The first-order chi connectivity index (χ1) is 11.0. The number of nitrogens with zero attached hydrogens (tertiary/aromatic N) is 1. The minimum absolute atomic E-state index is 0.179. The minimum atomic E-state index is -0.240. The fourth-order valence-electron chi connectivity index (χ4n) is 1.93. The van der Waals surface area contributed by atoms with Crippen LogP contribution in [-0.4, -0.2) is 26.3 Å². The average Bonchev–Trinajstić information content (AvgIpc) is 2.85. The van der Waals surface area contributed by atoms with Crippen molar-refractivity contribution in [3.8, 4) is 11.5 Å². The van der Waals surface area contributed by atoms with Gasteiger partial charge in [0.1, 0.15) is 11.5 Å². The highest BCUT2D eigenvalue weighted by atomic mass is 79.9. The van der Waals surface area contributed by atoms with E-state index in [1.54, 1.807) is 38.5 Å². The predicted molar refractivity (Wildman–Crippen MR) is 90.1 cm³/mol. The van der Waals surface area contributed by atoms with Gasteiger partial charge in [-0.2, -0.15) is 5.10 Å². The summed E-state index contributed by atoms with van der Waals surface area (Å²) in [6.07, 6.45) is 1.63. The van der Waals surface area contributed by atoms with Gasteiger partial charge in [-0.05, 0) is 40.5 Å². The van der Waals surface area contributed by atoms with Gasteiger partial charge in [0.15, 0.2) is 11.5 Å². The maximum absolute atomic E-state index is 11.9. The first-order valence-electron chi connectivity index (χ1n) is 6.82. The van der Waals surface area contributed by atoms with E-state index < -0.39 is 0 Å². The average molecular weight is 381 g/mol. The van der Waals surface area contributed by atoms with Crippen molar-refractivity contribution in [1.29, 1.82) is 0 Å². The molecular formula is C16H17BrN2O4. The summed E-state index contributed by atoms with van der Waals surface area (Å²) in [5.74, 6) is 2.27. The van der Waals surface area contributed by atoms with E-state index in [-0.39, 0.29) is 12.3 Å². The Morgan fingerprint density at radius 1 is 1.30 bits per heavy atom. The van der Waals surface area contributed by atoms with Crippen LogP contribution in [0.5, 0.6) is 11.5 Å². The third-order valence-corrected chi connectivity index (χ3v) is 3.86. The molecular weight excluding hydrogens is 364 g/mol. The molecule has 1 N–H and O–H groups in total. The number of halogens is 1. The van der Waals surface area contributed by atoms with Gasteiger partial charge >= 0.3 is 0 Å². The molecule has 0 aliphatic carbocycles. The first kappa shape index (κ1) is 17.1. The van der Waals surface area contributed by atoms with Crippen LogP contribution in [0.15, 0.2) is 38.3 Å². The number of carbonyl (C=O) groups is 1. The van der Waals surface area contributed by atoms with Crippen molar-refractivity contribution >= 4 is 28.1 Å². The lowest BCUT2D eigenvalue weighted by molar-refractivity contribution is -0.120. The van der Waals surface area contributed by atoms with Gasteiger partial charge in [0.05, 0.1) is 31.3 Å². The summed E-state index contributed by atoms with van der Waals surface area (Å²) in [6, 6.07) is 7.10. The number of aryl methyl sites for hydroxylation is 1. The van der Waals surface area contributed by atoms with Crippen LogP contribution < -0.4 is 14.9 Å². The number of rotatable bonds is 6. The molecule has 0 atom stereocenters. The number of hydrogen-bond acceptors (Lipinski definition) is 5. The topological polar surface area (TPSA) is 73.1 Å². The number of methoxy groups -OCH3 is 2. The Morgan fingerprint density at radius 3 is 2.65 bits per heavy atom. The first-order valence-corrected chi connectivity index (χ1v) is 7.61. The summed E-state index contributed by atoms with van der Waals surface area (Å²) in [5, 5.41) is 3.87. The number of amides is 1. The van der Waals surface area contributed by atoms with Gasteiger partial charge in [0.2, 0.25) is 5.91 Å². The molecule has 0 spiro atoms. The number of benzene rings is 1. The Hall–Kier alpha value is -2.28. The Bertz CT molecular complexity index is 705. The van der Waals surface area contributed by atoms with E-state index in [0.29, 0.717) is 17.3 Å². The van der Waals surface area contributed by atoms with Gasteiger partial charge in [-0.15, -0.1) is 0 Å². The van der Waals surface area contributed by atoms with Crippen molar-refractivity contribution in [2.24, 2.45) is 5.10 Å². The number of hydrogen-bond donors (Lipinski definition) is 1. The molecule has 0 saturated carbocycles. The zero-order chi connectivity index (χ0) is 16.8. The highest BCUT2D eigenvalue weighted by Crippen LogP contribution is 2.27. The van der Waals surface area contributed by atoms with Crippen molar-refractivity contribution < 1.29 is 18.7 Å². The van der Waals surface area contributed by atoms with Crippen molar-refractivity contribution in [3.05, 3.63) is 45.8 Å². The largest absolute Gasteiger partial charge is 0.493 e. The lowest BCUT2D eigenvalue weighted by Crippen LogP contribution is -2.19. The van der Waals surface area contributed by atoms with E-state index in [1.807, 2.05) is 6.92 Å².